The van der Waals surface area contributed by atoms with Gasteiger partial charge in [-0.25, -0.2) is 9.59 Å². The predicted octanol–water partition coefficient (Wildman–Crippen LogP) is 3.39. The fourth-order valence-electron chi connectivity index (χ4n) is 9.80. The van der Waals surface area contributed by atoms with Crippen LogP contribution in [-0.2, 0) is 47.7 Å². The van der Waals surface area contributed by atoms with Crippen LogP contribution in [0.25, 0.3) is 0 Å². The highest BCUT2D eigenvalue weighted by Crippen LogP contribution is 2.64. The predicted molar refractivity (Wildman–Crippen MR) is 211 cm³/mol. The number of rotatable bonds is 11. The number of carbonyl (C=O) groups is 6. The number of carbonyl (C=O) groups excluding carboxylic acids is 6. The fourth-order valence-corrected chi connectivity index (χ4v) is 9.80. The van der Waals surface area contributed by atoms with Gasteiger partial charge in [-0.1, -0.05) is 75.4 Å². The summed E-state index contributed by atoms with van der Waals surface area (Å²) in [4.78, 5) is 82.5. The summed E-state index contributed by atoms with van der Waals surface area (Å²) >= 11 is 0. The molecule has 3 fully saturated rings. The van der Waals surface area contributed by atoms with E-state index >= 15 is 4.79 Å². The topological polar surface area (TPSA) is 221 Å². The maximum atomic E-state index is 15.4. The molecule has 0 radical (unpaired) electrons. The molecule has 15 nitrogen and oxygen atoms in total. The molecule has 4 N–H and O–H groups in total. The van der Waals surface area contributed by atoms with Crippen LogP contribution in [0.1, 0.15) is 89.7 Å². The molecule has 4 aliphatic rings. The Balaban J connectivity index is 1.52. The van der Waals surface area contributed by atoms with Crippen LogP contribution in [0.2, 0.25) is 0 Å². The van der Waals surface area contributed by atoms with Crippen LogP contribution in [-0.4, -0.2) is 105 Å². The van der Waals surface area contributed by atoms with Crippen molar-refractivity contribution >= 4 is 35.6 Å². The maximum absolute atomic E-state index is 15.4. The van der Waals surface area contributed by atoms with Crippen LogP contribution >= 0.6 is 0 Å². The molecule has 1 heterocycles. The number of nitrogens with one attached hydrogen (secondary N) is 1. The summed E-state index contributed by atoms with van der Waals surface area (Å²) in [5.74, 6) is -6.78. The molecular formula is C45H53NO14. The molecule has 6 rings (SSSR count). The zero-order chi connectivity index (χ0) is 43.9. The largest absolute Gasteiger partial charge is 0.456 e. The van der Waals surface area contributed by atoms with Crippen molar-refractivity contribution in [2.24, 2.45) is 16.7 Å². The molecular weight excluding hydrogens is 778 g/mol. The van der Waals surface area contributed by atoms with Gasteiger partial charge in [0.2, 0.25) is 0 Å². The van der Waals surface area contributed by atoms with Gasteiger partial charge in [-0.15, -0.1) is 0 Å². The lowest BCUT2D eigenvalue weighted by Crippen LogP contribution is -2.82. The molecule has 0 unspecified atom stereocenters. The Morgan fingerprint density at radius 3 is 2.15 bits per heavy atom. The Bertz CT molecular complexity index is 2080. The Labute approximate surface area is 348 Å². The minimum absolute atomic E-state index is 0.00581. The van der Waals surface area contributed by atoms with Crippen LogP contribution in [0, 0.1) is 16.7 Å². The molecule has 0 aromatic heterocycles. The SMILES string of the molecule is CC/C=C/C(=O)O[C@H]1[C@@H]2[C@]3(OC(C)=O)CO[C@@H]3C[C@H](O)[C@@]2(C)C(=O)[C@H](OC(C)=O)C2=C(C)[C@@H](OC(=O)[C@H](O)[C@@H](NC(=O)c3ccccc3)c3ccccc3)C[C@]1(O)C2(C)C. The average Bonchev–Trinajstić information content (AvgIpc) is 3.20. The first-order chi connectivity index (χ1) is 28.2. The molecule has 2 aromatic rings. The second-order valence-electron chi connectivity index (χ2n) is 16.8. The van der Waals surface area contributed by atoms with Gasteiger partial charge in [0, 0.05) is 43.7 Å². The molecule has 3 aliphatic carbocycles. The van der Waals surface area contributed by atoms with Crippen molar-refractivity contribution < 1.29 is 67.8 Å². The minimum atomic E-state index is -2.36. The molecule has 0 spiro atoms. The molecule has 322 valence electrons. The van der Waals surface area contributed by atoms with E-state index in [0.29, 0.717) is 12.0 Å². The van der Waals surface area contributed by atoms with Crippen LogP contribution < -0.4 is 5.32 Å². The van der Waals surface area contributed by atoms with Crippen LogP contribution in [0.15, 0.2) is 84.0 Å². The third-order valence-corrected chi connectivity index (χ3v) is 13.0. The van der Waals surface area contributed by atoms with Crippen molar-refractivity contribution in [3.05, 3.63) is 95.1 Å². The van der Waals surface area contributed by atoms with Gasteiger partial charge in [-0.2, -0.15) is 0 Å². The number of hydrogen-bond acceptors (Lipinski definition) is 14. The van der Waals surface area contributed by atoms with E-state index in [1.54, 1.807) is 81.4 Å². The van der Waals surface area contributed by atoms with Gasteiger partial charge in [0.25, 0.3) is 5.91 Å². The summed E-state index contributed by atoms with van der Waals surface area (Å²) < 4.78 is 30.0. The van der Waals surface area contributed by atoms with E-state index in [-0.39, 0.29) is 29.7 Å². The molecule has 2 bridgehead atoms. The Morgan fingerprint density at radius 1 is 0.950 bits per heavy atom. The van der Waals surface area contributed by atoms with Crippen molar-refractivity contribution in [2.75, 3.05) is 6.61 Å². The third-order valence-electron chi connectivity index (χ3n) is 13.0. The quantitative estimate of drug-likeness (QED) is 0.110. The number of allylic oxidation sites excluding steroid dienone is 1. The molecule has 60 heavy (non-hydrogen) atoms. The molecule has 2 saturated carbocycles. The first kappa shape index (κ1) is 44.3. The molecule has 1 amide bonds. The second kappa shape index (κ2) is 16.7. The van der Waals surface area contributed by atoms with Gasteiger partial charge < -0.3 is 44.3 Å². The lowest BCUT2D eigenvalue weighted by Gasteiger charge is -2.67. The van der Waals surface area contributed by atoms with Crippen molar-refractivity contribution in [1.29, 1.82) is 0 Å². The highest BCUT2D eigenvalue weighted by atomic mass is 16.6. The van der Waals surface area contributed by atoms with E-state index in [4.69, 9.17) is 23.7 Å². The number of aliphatic hydroxyl groups is 3. The van der Waals surface area contributed by atoms with Gasteiger partial charge in [-0.05, 0) is 49.1 Å². The number of esters is 4. The lowest BCUT2D eigenvalue weighted by molar-refractivity contribution is -0.347. The van der Waals surface area contributed by atoms with Gasteiger partial charge in [-0.3, -0.25) is 19.2 Å². The Kier molecular flexibility index (Phi) is 12.3. The standard InChI is InChI=1S/C45H53NO14/c1-8-9-20-32(50)59-39-37-43(7,30(49)21-31-44(37,23-56-31)60-26(4)48)38(52)36(57-25(3)47)33-24(2)29(22-45(39,55)42(33,5)6)58-41(54)35(51)34(27-16-12-10-13-17-27)46-40(53)28-18-14-11-15-19-28/h9-20,29-31,34-37,39,49,51,55H,8,21-23H2,1-7H3,(H,46,53)/b20-9+/t29-,30-,31+,34-,35+,36+,37-,39-,43+,44-,45+/m0/s1. The van der Waals surface area contributed by atoms with Crippen molar-refractivity contribution in [3.8, 4) is 0 Å². The highest BCUT2D eigenvalue weighted by Gasteiger charge is 2.78. The van der Waals surface area contributed by atoms with E-state index in [9.17, 15) is 39.3 Å². The maximum Gasteiger partial charge on any atom is 0.338 e. The van der Waals surface area contributed by atoms with Crippen molar-refractivity contribution in [3.63, 3.8) is 0 Å². The normalized spacial score (nSPS) is 32.7. The minimum Gasteiger partial charge on any atom is -0.456 e. The van der Waals surface area contributed by atoms with Gasteiger partial charge >= 0.3 is 23.9 Å². The number of aliphatic hydroxyl groups excluding tert-OH is 2. The van der Waals surface area contributed by atoms with E-state index in [2.05, 4.69) is 5.32 Å². The molecule has 1 aliphatic heterocycles. The van der Waals surface area contributed by atoms with E-state index < -0.39 is 113 Å². The molecule has 1 saturated heterocycles. The van der Waals surface area contributed by atoms with Gasteiger partial charge in [0.05, 0.1) is 30.1 Å². The van der Waals surface area contributed by atoms with Crippen molar-refractivity contribution in [2.45, 2.75) is 122 Å². The number of ketones is 1. The third kappa shape index (κ3) is 7.45. The van der Waals surface area contributed by atoms with Crippen LogP contribution in [0.4, 0.5) is 0 Å². The summed E-state index contributed by atoms with van der Waals surface area (Å²) in [5, 5.41) is 39.9. The Morgan fingerprint density at radius 2 is 1.58 bits per heavy atom. The summed E-state index contributed by atoms with van der Waals surface area (Å²) in [7, 11) is 0. The number of Topliss-reactive ketones (excluding diaryl/α,β-unsaturated/α-hetero) is 1. The molecule has 15 heteroatoms. The van der Waals surface area contributed by atoms with E-state index in [1.807, 2.05) is 0 Å². The fraction of sp³-hybridized carbons (Fsp3) is 0.511. The number of benzene rings is 2. The van der Waals surface area contributed by atoms with Crippen LogP contribution in [0.5, 0.6) is 0 Å². The first-order valence-corrected chi connectivity index (χ1v) is 20.0. The summed E-state index contributed by atoms with van der Waals surface area (Å²) in [6, 6.07) is 15.1. The molecule has 2 aromatic carbocycles. The van der Waals surface area contributed by atoms with E-state index in [1.165, 1.54) is 19.9 Å². The molecule has 11 atom stereocenters. The number of amides is 1. The second-order valence-corrected chi connectivity index (χ2v) is 16.8. The lowest BCUT2D eigenvalue weighted by atomic mass is 9.44. The summed E-state index contributed by atoms with van der Waals surface area (Å²) in [6.07, 6.45) is -7.26. The zero-order valence-corrected chi connectivity index (χ0v) is 34.7. The number of fused-ring (bicyclic) bond motifs is 5. The Hall–Kier alpha value is -5.22. The monoisotopic (exact) mass is 831 g/mol. The van der Waals surface area contributed by atoms with Crippen LogP contribution in [0.3, 0.4) is 0 Å². The summed E-state index contributed by atoms with van der Waals surface area (Å²) in [6.45, 7) is 9.77. The summed E-state index contributed by atoms with van der Waals surface area (Å²) in [5.41, 5.74) is -6.96. The number of ether oxygens (including phenoxy) is 5. The number of hydrogen-bond donors (Lipinski definition) is 4. The van der Waals surface area contributed by atoms with Gasteiger partial charge in [0.1, 0.15) is 23.9 Å². The smallest absolute Gasteiger partial charge is 0.338 e. The zero-order valence-electron chi connectivity index (χ0n) is 34.7. The highest BCUT2D eigenvalue weighted by molar-refractivity contribution is 5.96. The van der Waals surface area contributed by atoms with Crippen molar-refractivity contribution in [1.82, 2.24) is 5.32 Å². The van der Waals surface area contributed by atoms with Gasteiger partial charge in [0.15, 0.2) is 23.6 Å². The van der Waals surface area contributed by atoms with E-state index in [0.717, 1.165) is 19.9 Å². The average molecular weight is 832 g/mol. The first-order valence-electron chi connectivity index (χ1n) is 20.0.